The number of pyridine rings is 1. The topological polar surface area (TPSA) is 103 Å². The second-order valence-electron chi connectivity index (χ2n) is 8.16. The van der Waals surface area contributed by atoms with Crippen molar-refractivity contribution in [1.29, 1.82) is 5.53 Å². The van der Waals surface area contributed by atoms with Gasteiger partial charge in [-0.15, -0.1) is 0 Å². The minimum atomic E-state index is -0.247. The van der Waals surface area contributed by atoms with Crippen LogP contribution in [0.25, 0.3) is 16.5 Å². The lowest BCUT2D eigenvalue weighted by Crippen LogP contribution is -2.35. The number of benzene rings is 2. The van der Waals surface area contributed by atoms with Gasteiger partial charge in [-0.1, -0.05) is 18.2 Å². The van der Waals surface area contributed by atoms with E-state index in [2.05, 4.69) is 32.7 Å². The van der Waals surface area contributed by atoms with E-state index < -0.39 is 0 Å². The number of amides is 1. The van der Waals surface area contributed by atoms with Gasteiger partial charge in [0, 0.05) is 49.0 Å². The molecule has 1 aliphatic heterocycles. The van der Waals surface area contributed by atoms with E-state index in [0.717, 1.165) is 42.3 Å². The second kappa shape index (κ2) is 10.2. The maximum Gasteiger partial charge on any atom is 0.256 e. The zero-order valence-electron chi connectivity index (χ0n) is 18.8. The number of aromatic nitrogens is 1. The van der Waals surface area contributed by atoms with Crippen LogP contribution >= 0.6 is 0 Å². The van der Waals surface area contributed by atoms with Gasteiger partial charge in [0.2, 0.25) is 0 Å². The molecule has 3 N–H and O–H groups in total. The van der Waals surface area contributed by atoms with Crippen LogP contribution in [0.15, 0.2) is 66.0 Å². The Bertz CT molecular complexity index is 1180. The van der Waals surface area contributed by atoms with Gasteiger partial charge in [0.25, 0.3) is 5.91 Å². The number of anilines is 1. The minimum Gasteiger partial charge on any atom is -0.490 e. The van der Waals surface area contributed by atoms with Crippen molar-refractivity contribution >= 4 is 28.2 Å². The highest BCUT2D eigenvalue weighted by atomic mass is 16.5. The SMILES string of the molecule is CN/C=C(\N=N)c1ccc2cnc(NC(=O)c3cccc(OC4CCN(C)CC4)c3)cc2c1. The average molecular weight is 445 g/mol. The summed E-state index contributed by atoms with van der Waals surface area (Å²) in [5.41, 5.74) is 9.22. The summed E-state index contributed by atoms with van der Waals surface area (Å²) >= 11 is 0. The first kappa shape index (κ1) is 22.4. The molecule has 1 saturated heterocycles. The molecule has 2 aromatic carbocycles. The number of hydrogen-bond donors (Lipinski definition) is 3. The van der Waals surface area contributed by atoms with Crippen molar-refractivity contribution in [2.45, 2.75) is 18.9 Å². The Balaban J connectivity index is 1.49. The molecule has 170 valence electrons. The Labute approximate surface area is 193 Å². The van der Waals surface area contributed by atoms with E-state index in [1.807, 2.05) is 36.4 Å². The number of nitrogens with zero attached hydrogens (tertiary/aromatic N) is 3. The van der Waals surface area contributed by atoms with Crippen molar-refractivity contribution in [2.24, 2.45) is 5.11 Å². The number of hydrogen-bond acceptors (Lipinski definition) is 7. The summed E-state index contributed by atoms with van der Waals surface area (Å²) in [4.78, 5) is 19.5. The molecule has 33 heavy (non-hydrogen) atoms. The molecule has 0 atom stereocenters. The van der Waals surface area contributed by atoms with Gasteiger partial charge in [0.1, 0.15) is 23.4 Å². The van der Waals surface area contributed by atoms with Gasteiger partial charge in [-0.25, -0.2) is 10.5 Å². The highest BCUT2D eigenvalue weighted by Crippen LogP contribution is 2.24. The van der Waals surface area contributed by atoms with E-state index in [4.69, 9.17) is 10.3 Å². The van der Waals surface area contributed by atoms with Crippen LogP contribution in [0.1, 0.15) is 28.8 Å². The smallest absolute Gasteiger partial charge is 0.256 e. The van der Waals surface area contributed by atoms with Gasteiger partial charge in [-0.2, -0.15) is 5.11 Å². The number of ether oxygens (including phenoxy) is 1. The van der Waals surface area contributed by atoms with Gasteiger partial charge in [0.05, 0.1) is 0 Å². The summed E-state index contributed by atoms with van der Waals surface area (Å²) in [5, 5.41) is 11.2. The molecule has 2 heterocycles. The summed E-state index contributed by atoms with van der Waals surface area (Å²) in [6.07, 6.45) is 5.52. The molecular weight excluding hydrogens is 416 g/mol. The minimum absolute atomic E-state index is 0.174. The van der Waals surface area contributed by atoms with Crippen LogP contribution in [-0.4, -0.2) is 49.1 Å². The van der Waals surface area contributed by atoms with Gasteiger partial charge in [-0.05, 0) is 55.6 Å². The molecular formula is C25H28N6O2. The third-order valence-electron chi connectivity index (χ3n) is 5.73. The average Bonchev–Trinajstić information content (AvgIpc) is 2.83. The van der Waals surface area contributed by atoms with Crippen molar-refractivity contribution in [3.8, 4) is 5.75 Å². The second-order valence-corrected chi connectivity index (χ2v) is 8.16. The quantitative estimate of drug-likeness (QED) is 0.465. The molecule has 1 amide bonds. The molecule has 0 radical (unpaired) electrons. The molecule has 8 heteroatoms. The normalized spacial score (nSPS) is 15.3. The number of fused-ring (bicyclic) bond motifs is 1. The van der Waals surface area contributed by atoms with Crippen molar-refractivity contribution in [2.75, 3.05) is 32.5 Å². The fourth-order valence-corrected chi connectivity index (χ4v) is 3.88. The van der Waals surface area contributed by atoms with Crippen LogP contribution < -0.4 is 15.4 Å². The van der Waals surface area contributed by atoms with Crippen LogP contribution in [-0.2, 0) is 0 Å². The third-order valence-corrected chi connectivity index (χ3v) is 5.73. The molecule has 0 aliphatic carbocycles. The predicted octanol–water partition coefficient (Wildman–Crippen LogP) is 4.51. The Morgan fingerprint density at radius 2 is 1.97 bits per heavy atom. The maximum atomic E-state index is 12.9. The molecule has 1 fully saturated rings. The molecule has 8 nitrogen and oxygen atoms in total. The highest BCUT2D eigenvalue weighted by Gasteiger charge is 2.18. The molecule has 3 aromatic rings. The maximum absolute atomic E-state index is 12.9. The predicted molar refractivity (Wildman–Crippen MR) is 129 cm³/mol. The molecule has 0 spiro atoms. The van der Waals surface area contributed by atoms with Gasteiger partial charge in [-0.3, -0.25) is 4.79 Å². The van der Waals surface area contributed by atoms with E-state index in [1.54, 1.807) is 31.6 Å². The lowest BCUT2D eigenvalue weighted by molar-refractivity contribution is 0.102. The first-order valence-electron chi connectivity index (χ1n) is 11.0. The fraction of sp³-hybridized carbons (Fsp3) is 0.280. The molecule has 1 aromatic heterocycles. The van der Waals surface area contributed by atoms with Crippen LogP contribution in [0.3, 0.4) is 0 Å². The van der Waals surface area contributed by atoms with Crippen molar-refractivity contribution in [1.82, 2.24) is 15.2 Å². The number of rotatable bonds is 7. The van der Waals surface area contributed by atoms with Crippen LogP contribution in [0.2, 0.25) is 0 Å². The Morgan fingerprint density at radius 3 is 2.73 bits per heavy atom. The van der Waals surface area contributed by atoms with E-state index >= 15 is 0 Å². The summed E-state index contributed by atoms with van der Waals surface area (Å²) in [7, 11) is 3.88. The lowest BCUT2D eigenvalue weighted by atomic mass is 10.1. The fourth-order valence-electron chi connectivity index (χ4n) is 3.88. The summed E-state index contributed by atoms with van der Waals surface area (Å²) in [6.45, 7) is 2.03. The van der Waals surface area contributed by atoms with Gasteiger partial charge in [0.15, 0.2) is 0 Å². The number of carbonyl (C=O) groups is 1. The Kier molecular flexibility index (Phi) is 6.95. The van der Waals surface area contributed by atoms with Gasteiger partial charge >= 0.3 is 0 Å². The van der Waals surface area contributed by atoms with Crippen LogP contribution in [0.5, 0.6) is 5.75 Å². The first-order chi connectivity index (χ1) is 16.1. The number of nitrogens with one attached hydrogen (secondary N) is 3. The summed E-state index contributed by atoms with van der Waals surface area (Å²) in [5.74, 6) is 0.910. The largest absolute Gasteiger partial charge is 0.490 e. The van der Waals surface area contributed by atoms with E-state index in [1.165, 1.54) is 0 Å². The Hall–Kier alpha value is -3.78. The standard InChI is InChI=1S/C25H28N6O2/c1-27-16-23(30-26)17-6-7-19-15-28-24(14-20(19)12-17)29-25(32)18-4-3-5-22(13-18)33-21-8-10-31(2)11-9-21/h3-7,12-16,21,26-27H,8-11H2,1-2H3,(H,28,29,32)/b23-16-,30-26?. The molecule has 0 saturated carbocycles. The zero-order valence-corrected chi connectivity index (χ0v) is 18.8. The van der Waals surface area contributed by atoms with E-state index in [0.29, 0.717) is 22.8 Å². The summed E-state index contributed by atoms with van der Waals surface area (Å²) in [6, 6.07) is 14.8. The summed E-state index contributed by atoms with van der Waals surface area (Å²) < 4.78 is 6.11. The third kappa shape index (κ3) is 5.53. The Morgan fingerprint density at radius 1 is 1.15 bits per heavy atom. The van der Waals surface area contributed by atoms with Crippen molar-refractivity contribution < 1.29 is 9.53 Å². The molecule has 1 aliphatic rings. The highest BCUT2D eigenvalue weighted by molar-refractivity contribution is 6.04. The van der Waals surface area contributed by atoms with Gasteiger partial charge < -0.3 is 20.3 Å². The zero-order chi connectivity index (χ0) is 23.2. The molecule has 0 unspecified atom stereocenters. The molecule has 0 bridgehead atoms. The molecule has 4 rings (SSSR count). The van der Waals surface area contributed by atoms with Crippen LogP contribution in [0, 0.1) is 5.53 Å². The number of piperidine rings is 1. The van der Waals surface area contributed by atoms with Crippen molar-refractivity contribution in [3.63, 3.8) is 0 Å². The van der Waals surface area contributed by atoms with E-state index in [9.17, 15) is 4.79 Å². The van der Waals surface area contributed by atoms with Crippen LogP contribution in [0.4, 0.5) is 5.82 Å². The lowest BCUT2D eigenvalue weighted by Gasteiger charge is -2.29. The number of carbonyl (C=O) groups excluding carboxylic acids is 1. The monoisotopic (exact) mass is 444 g/mol. The first-order valence-corrected chi connectivity index (χ1v) is 11.0. The number of likely N-dealkylation sites (tertiary alicyclic amines) is 1. The van der Waals surface area contributed by atoms with Crippen molar-refractivity contribution in [3.05, 3.63) is 72.1 Å². The van der Waals surface area contributed by atoms with E-state index in [-0.39, 0.29) is 12.0 Å².